The number of benzene rings is 1. The second-order valence-corrected chi connectivity index (χ2v) is 7.78. The van der Waals surface area contributed by atoms with Crippen molar-refractivity contribution >= 4 is 29.6 Å². The number of rotatable bonds is 16. The van der Waals surface area contributed by atoms with Crippen molar-refractivity contribution in [1.82, 2.24) is 10.7 Å². The van der Waals surface area contributed by atoms with Crippen molar-refractivity contribution in [3.63, 3.8) is 0 Å². The molecule has 1 rings (SSSR count). The van der Waals surface area contributed by atoms with Crippen molar-refractivity contribution in [3.8, 4) is 0 Å². The number of amides is 2. The summed E-state index contributed by atoms with van der Waals surface area (Å²) >= 11 is 6.00. The fourth-order valence-electron chi connectivity index (χ4n) is 3.01. The summed E-state index contributed by atoms with van der Waals surface area (Å²) in [5.74, 6) is -0.452. The summed E-state index contributed by atoms with van der Waals surface area (Å²) in [5, 5.41) is 7.04. The highest BCUT2D eigenvalue weighted by Crippen LogP contribution is 2.12. The van der Waals surface area contributed by atoms with Crippen LogP contribution in [0.4, 0.5) is 0 Å². The standard InChI is InChI=1S/C23H36ClN3O2/c1-2-3-4-5-6-7-8-9-10-11-12-17-22(28)25-19-23(29)27-26-18-20-15-13-14-16-21(20)24/h13-16,18H,2-12,17,19H2,1H3,(H,25,28)(H,27,29)/b26-18+. The van der Waals surface area contributed by atoms with Gasteiger partial charge in [0.1, 0.15) is 0 Å². The van der Waals surface area contributed by atoms with Crippen molar-refractivity contribution in [3.05, 3.63) is 34.9 Å². The molecule has 0 aromatic heterocycles. The Balaban J connectivity index is 1.97. The van der Waals surface area contributed by atoms with Crippen LogP contribution in [0.5, 0.6) is 0 Å². The molecular formula is C23H36ClN3O2. The van der Waals surface area contributed by atoms with Crippen LogP contribution < -0.4 is 10.7 Å². The average Bonchev–Trinajstić information content (AvgIpc) is 2.72. The van der Waals surface area contributed by atoms with Crippen LogP contribution in [0.3, 0.4) is 0 Å². The van der Waals surface area contributed by atoms with Crippen LogP contribution in [0.1, 0.15) is 89.5 Å². The van der Waals surface area contributed by atoms with Crippen LogP contribution in [-0.2, 0) is 9.59 Å². The molecule has 0 unspecified atom stereocenters. The van der Waals surface area contributed by atoms with Gasteiger partial charge in [0.15, 0.2) is 0 Å². The summed E-state index contributed by atoms with van der Waals surface area (Å²) in [6.07, 6.45) is 15.7. The largest absolute Gasteiger partial charge is 0.347 e. The molecule has 0 spiro atoms. The van der Waals surface area contributed by atoms with Crippen molar-refractivity contribution in [2.24, 2.45) is 5.10 Å². The summed E-state index contributed by atoms with van der Waals surface area (Å²) in [7, 11) is 0. The molecule has 0 saturated carbocycles. The SMILES string of the molecule is CCCCCCCCCCCCCC(=O)NCC(=O)N/N=C/c1ccccc1Cl. The van der Waals surface area contributed by atoms with E-state index >= 15 is 0 Å². The van der Waals surface area contributed by atoms with Crippen molar-refractivity contribution in [2.45, 2.75) is 84.0 Å². The highest BCUT2D eigenvalue weighted by Gasteiger charge is 2.04. The molecule has 0 heterocycles. The highest BCUT2D eigenvalue weighted by molar-refractivity contribution is 6.33. The average molecular weight is 422 g/mol. The van der Waals surface area contributed by atoms with Gasteiger partial charge in [-0.25, -0.2) is 5.43 Å². The number of hydrazone groups is 1. The Morgan fingerprint density at radius 2 is 1.48 bits per heavy atom. The molecule has 6 heteroatoms. The summed E-state index contributed by atoms with van der Waals surface area (Å²) in [6.45, 7) is 2.17. The van der Waals surface area contributed by atoms with Crippen LogP contribution in [0.25, 0.3) is 0 Å². The summed E-state index contributed by atoms with van der Waals surface area (Å²) in [5.41, 5.74) is 3.10. The van der Waals surface area contributed by atoms with Crippen LogP contribution in [-0.4, -0.2) is 24.6 Å². The van der Waals surface area contributed by atoms with Gasteiger partial charge in [0.05, 0.1) is 12.8 Å². The molecule has 0 fully saturated rings. The molecule has 0 aliphatic rings. The lowest BCUT2D eigenvalue weighted by molar-refractivity contribution is -0.126. The van der Waals surface area contributed by atoms with Crippen LogP contribution in [0.15, 0.2) is 29.4 Å². The van der Waals surface area contributed by atoms with Crippen molar-refractivity contribution in [1.29, 1.82) is 0 Å². The van der Waals surface area contributed by atoms with Gasteiger partial charge in [-0.3, -0.25) is 9.59 Å². The Hall–Kier alpha value is -1.88. The molecule has 2 amide bonds. The fourth-order valence-corrected chi connectivity index (χ4v) is 3.19. The number of carbonyl (C=O) groups excluding carboxylic acids is 2. The zero-order valence-electron chi connectivity index (χ0n) is 17.7. The number of nitrogens with one attached hydrogen (secondary N) is 2. The third-order valence-electron chi connectivity index (χ3n) is 4.75. The number of unbranched alkanes of at least 4 members (excludes halogenated alkanes) is 10. The van der Waals surface area contributed by atoms with Gasteiger partial charge in [-0.2, -0.15) is 5.10 Å². The van der Waals surface area contributed by atoms with Crippen molar-refractivity contribution in [2.75, 3.05) is 6.54 Å². The highest BCUT2D eigenvalue weighted by atomic mass is 35.5. The quantitative estimate of drug-likeness (QED) is 0.207. The summed E-state index contributed by atoms with van der Waals surface area (Å²) in [6, 6.07) is 7.21. The lowest BCUT2D eigenvalue weighted by Crippen LogP contribution is -2.34. The smallest absolute Gasteiger partial charge is 0.259 e. The van der Waals surface area contributed by atoms with Crippen molar-refractivity contribution < 1.29 is 9.59 Å². The van der Waals surface area contributed by atoms with Gasteiger partial charge < -0.3 is 5.32 Å². The van der Waals surface area contributed by atoms with Gasteiger partial charge in [0, 0.05) is 17.0 Å². The van der Waals surface area contributed by atoms with E-state index in [1.165, 1.54) is 64.0 Å². The number of nitrogens with zero attached hydrogens (tertiary/aromatic N) is 1. The molecule has 0 bridgehead atoms. The molecule has 0 saturated heterocycles. The van der Waals surface area contributed by atoms with E-state index in [1.807, 2.05) is 12.1 Å². The van der Waals surface area contributed by atoms with Gasteiger partial charge in [-0.05, 0) is 12.5 Å². The maximum atomic E-state index is 11.8. The first-order valence-corrected chi connectivity index (χ1v) is 11.3. The van der Waals surface area contributed by atoms with E-state index in [1.54, 1.807) is 12.1 Å². The first-order valence-electron chi connectivity index (χ1n) is 11.0. The van der Waals surface area contributed by atoms with Gasteiger partial charge in [0.2, 0.25) is 5.91 Å². The van der Waals surface area contributed by atoms with E-state index in [-0.39, 0.29) is 18.4 Å². The molecule has 162 valence electrons. The predicted molar refractivity (Wildman–Crippen MR) is 121 cm³/mol. The summed E-state index contributed by atoms with van der Waals surface area (Å²) in [4.78, 5) is 23.5. The molecular weight excluding hydrogens is 386 g/mol. The van der Waals surface area contributed by atoms with E-state index in [0.717, 1.165) is 18.4 Å². The monoisotopic (exact) mass is 421 g/mol. The van der Waals surface area contributed by atoms with Crippen LogP contribution in [0, 0.1) is 0 Å². The number of carbonyl (C=O) groups is 2. The Morgan fingerprint density at radius 3 is 2.10 bits per heavy atom. The Morgan fingerprint density at radius 1 is 0.897 bits per heavy atom. The molecule has 2 N–H and O–H groups in total. The van der Waals surface area contributed by atoms with Gasteiger partial charge in [-0.15, -0.1) is 0 Å². The van der Waals surface area contributed by atoms with E-state index in [2.05, 4.69) is 22.8 Å². The van der Waals surface area contributed by atoms with Gasteiger partial charge >= 0.3 is 0 Å². The minimum Gasteiger partial charge on any atom is -0.347 e. The molecule has 0 radical (unpaired) electrons. The zero-order chi connectivity index (χ0) is 21.2. The molecule has 0 aliphatic carbocycles. The van der Waals surface area contributed by atoms with Gasteiger partial charge in [0.25, 0.3) is 5.91 Å². The maximum Gasteiger partial charge on any atom is 0.259 e. The third kappa shape index (κ3) is 13.9. The van der Waals surface area contributed by atoms with Gasteiger partial charge in [-0.1, -0.05) is 101 Å². The Labute approximate surface area is 180 Å². The second kappa shape index (κ2) is 17.0. The van der Waals surface area contributed by atoms with Crippen LogP contribution >= 0.6 is 11.6 Å². The minimum atomic E-state index is -0.361. The van der Waals surface area contributed by atoms with Crippen LogP contribution in [0.2, 0.25) is 5.02 Å². The zero-order valence-corrected chi connectivity index (χ0v) is 18.5. The minimum absolute atomic E-state index is 0.0727. The Bertz CT molecular complexity index is 620. The molecule has 0 aliphatic heterocycles. The lowest BCUT2D eigenvalue weighted by atomic mass is 10.1. The lowest BCUT2D eigenvalue weighted by Gasteiger charge is -2.05. The van der Waals surface area contributed by atoms with E-state index in [9.17, 15) is 9.59 Å². The summed E-state index contributed by atoms with van der Waals surface area (Å²) < 4.78 is 0. The number of hydrogen-bond acceptors (Lipinski definition) is 3. The molecule has 0 atom stereocenters. The predicted octanol–water partition coefficient (Wildman–Crippen LogP) is 5.61. The third-order valence-corrected chi connectivity index (χ3v) is 5.10. The first kappa shape index (κ1) is 25.2. The maximum absolute atomic E-state index is 11.8. The topological polar surface area (TPSA) is 70.6 Å². The van der Waals surface area contributed by atoms with E-state index < -0.39 is 0 Å². The molecule has 5 nitrogen and oxygen atoms in total. The van der Waals surface area contributed by atoms with E-state index in [0.29, 0.717) is 11.4 Å². The normalized spacial score (nSPS) is 11.0. The van der Waals surface area contributed by atoms with E-state index in [4.69, 9.17) is 11.6 Å². The fraction of sp³-hybridized carbons (Fsp3) is 0.609. The molecule has 1 aromatic carbocycles. The second-order valence-electron chi connectivity index (χ2n) is 7.38. The molecule has 1 aromatic rings. The number of hydrogen-bond donors (Lipinski definition) is 2. The first-order chi connectivity index (χ1) is 14.1. The number of halogens is 1. The Kier molecular flexibility index (Phi) is 14.8. The molecule has 29 heavy (non-hydrogen) atoms.